The highest BCUT2D eigenvalue weighted by Crippen LogP contribution is 2.21. The Labute approximate surface area is 133 Å². The second kappa shape index (κ2) is 8.07. The predicted molar refractivity (Wildman–Crippen MR) is 82.9 cm³/mol. The summed E-state index contributed by atoms with van der Waals surface area (Å²) in [7, 11) is 0. The Bertz CT molecular complexity index is 681. The lowest BCUT2D eigenvalue weighted by molar-refractivity contribution is -0.137. The molecule has 0 aliphatic heterocycles. The van der Waals surface area contributed by atoms with Crippen LogP contribution in [0.15, 0.2) is 28.8 Å². The SMILES string of the molecule is Cc1noc(-c2ccccc2C(=O)NCCCCCC(=O)O)n1. The normalized spacial score (nSPS) is 10.5. The number of hydrogen-bond donors (Lipinski definition) is 2. The van der Waals surface area contributed by atoms with E-state index in [-0.39, 0.29) is 12.3 Å². The molecule has 0 bridgehead atoms. The van der Waals surface area contributed by atoms with E-state index in [2.05, 4.69) is 15.5 Å². The van der Waals surface area contributed by atoms with Gasteiger partial charge < -0.3 is 14.9 Å². The summed E-state index contributed by atoms with van der Waals surface area (Å²) in [5.74, 6) is -0.184. The molecule has 0 saturated carbocycles. The highest BCUT2D eigenvalue weighted by molar-refractivity contribution is 5.99. The first-order valence-electron chi connectivity index (χ1n) is 7.47. The minimum Gasteiger partial charge on any atom is -0.481 e. The van der Waals surface area contributed by atoms with Crippen molar-refractivity contribution in [2.75, 3.05) is 6.54 Å². The van der Waals surface area contributed by atoms with E-state index in [1.54, 1.807) is 31.2 Å². The lowest BCUT2D eigenvalue weighted by Gasteiger charge is -2.07. The number of nitrogens with zero attached hydrogens (tertiary/aromatic N) is 2. The van der Waals surface area contributed by atoms with Gasteiger partial charge in [0.2, 0.25) is 0 Å². The molecule has 0 radical (unpaired) electrons. The summed E-state index contributed by atoms with van der Waals surface area (Å²) in [5, 5.41) is 15.1. The van der Waals surface area contributed by atoms with Crippen molar-refractivity contribution in [2.45, 2.75) is 32.6 Å². The highest BCUT2D eigenvalue weighted by Gasteiger charge is 2.16. The van der Waals surface area contributed by atoms with Crippen LogP contribution in [0.3, 0.4) is 0 Å². The van der Waals surface area contributed by atoms with Crippen LogP contribution in [0.1, 0.15) is 41.9 Å². The fraction of sp³-hybridized carbons (Fsp3) is 0.375. The lowest BCUT2D eigenvalue weighted by Crippen LogP contribution is -2.25. The van der Waals surface area contributed by atoms with Crippen LogP contribution >= 0.6 is 0 Å². The Kier molecular flexibility index (Phi) is 5.85. The maximum atomic E-state index is 12.3. The maximum absolute atomic E-state index is 12.3. The Morgan fingerprint density at radius 2 is 2.00 bits per heavy atom. The molecule has 0 aliphatic rings. The topological polar surface area (TPSA) is 105 Å². The fourth-order valence-electron chi connectivity index (χ4n) is 2.15. The number of carboxylic acid groups (broad SMARTS) is 1. The number of benzene rings is 1. The summed E-state index contributed by atoms with van der Waals surface area (Å²) >= 11 is 0. The molecule has 1 aromatic heterocycles. The molecular formula is C16H19N3O4. The number of hydrogen-bond acceptors (Lipinski definition) is 5. The molecule has 122 valence electrons. The Hall–Kier alpha value is -2.70. The Morgan fingerprint density at radius 3 is 2.70 bits per heavy atom. The van der Waals surface area contributed by atoms with Gasteiger partial charge in [-0.15, -0.1) is 0 Å². The van der Waals surface area contributed by atoms with Crippen molar-refractivity contribution < 1.29 is 19.2 Å². The zero-order valence-electron chi connectivity index (χ0n) is 12.9. The second-order valence-electron chi connectivity index (χ2n) is 5.15. The van der Waals surface area contributed by atoms with Gasteiger partial charge in [-0.2, -0.15) is 4.98 Å². The van der Waals surface area contributed by atoms with Gasteiger partial charge in [-0.05, 0) is 31.9 Å². The predicted octanol–water partition coefficient (Wildman–Crippen LogP) is 2.42. The molecule has 2 rings (SSSR count). The summed E-state index contributed by atoms with van der Waals surface area (Å²) < 4.78 is 5.12. The quantitative estimate of drug-likeness (QED) is 0.724. The second-order valence-corrected chi connectivity index (χ2v) is 5.15. The zero-order chi connectivity index (χ0) is 16.7. The van der Waals surface area contributed by atoms with Crippen molar-refractivity contribution in [3.63, 3.8) is 0 Å². The molecule has 1 aromatic carbocycles. The summed E-state index contributed by atoms with van der Waals surface area (Å²) in [6.07, 6.45) is 2.27. The number of carbonyl (C=O) groups is 2. The Balaban J connectivity index is 1.91. The van der Waals surface area contributed by atoms with Crippen molar-refractivity contribution in [1.29, 1.82) is 0 Å². The smallest absolute Gasteiger partial charge is 0.303 e. The van der Waals surface area contributed by atoms with Crippen molar-refractivity contribution in [1.82, 2.24) is 15.5 Å². The number of aryl methyl sites for hydroxylation is 1. The van der Waals surface area contributed by atoms with Crippen LogP contribution in [0.5, 0.6) is 0 Å². The number of rotatable bonds is 8. The third-order valence-electron chi connectivity index (χ3n) is 3.28. The first-order valence-corrected chi connectivity index (χ1v) is 7.47. The van der Waals surface area contributed by atoms with Crippen LogP contribution in [0.2, 0.25) is 0 Å². The Morgan fingerprint density at radius 1 is 1.22 bits per heavy atom. The first kappa shape index (κ1) is 16.7. The lowest BCUT2D eigenvalue weighted by atomic mass is 10.1. The average molecular weight is 317 g/mol. The molecule has 0 spiro atoms. The molecule has 0 aliphatic carbocycles. The minimum atomic E-state index is -0.794. The summed E-state index contributed by atoms with van der Waals surface area (Å²) in [5.41, 5.74) is 1.07. The number of aromatic nitrogens is 2. The van der Waals surface area contributed by atoms with Gasteiger partial charge in [0.15, 0.2) is 5.82 Å². The fourth-order valence-corrected chi connectivity index (χ4v) is 2.15. The number of amides is 1. The molecule has 0 atom stereocenters. The van der Waals surface area contributed by atoms with E-state index in [4.69, 9.17) is 9.63 Å². The van der Waals surface area contributed by atoms with Crippen molar-refractivity contribution in [3.05, 3.63) is 35.7 Å². The van der Waals surface area contributed by atoms with E-state index in [1.807, 2.05) is 0 Å². The number of unbranched alkanes of at least 4 members (excludes halogenated alkanes) is 2. The summed E-state index contributed by atoms with van der Waals surface area (Å²) in [6, 6.07) is 7.04. The molecule has 7 heteroatoms. The van der Waals surface area contributed by atoms with E-state index >= 15 is 0 Å². The van der Waals surface area contributed by atoms with Crippen molar-refractivity contribution >= 4 is 11.9 Å². The molecule has 7 nitrogen and oxygen atoms in total. The monoisotopic (exact) mass is 317 g/mol. The van der Waals surface area contributed by atoms with Crippen LogP contribution in [0.25, 0.3) is 11.5 Å². The number of carbonyl (C=O) groups excluding carboxylic acids is 1. The van der Waals surface area contributed by atoms with Gasteiger partial charge >= 0.3 is 5.97 Å². The van der Waals surface area contributed by atoms with Crippen LogP contribution in [0.4, 0.5) is 0 Å². The van der Waals surface area contributed by atoms with Gasteiger partial charge in [0.1, 0.15) is 0 Å². The summed E-state index contributed by atoms with van der Waals surface area (Å²) in [6.45, 7) is 2.21. The van der Waals surface area contributed by atoms with Crippen molar-refractivity contribution in [3.8, 4) is 11.5 Å². The molecule has 0 saturated heterocycles. The third kappa shape index (κ3) is 4.91. The minimum absolute atomic E-state index is 0.160. The highest BCUT2D eigenvalue weighted by atomic mass is 16.5. The number of aliphatic carboxylic acids is 1. The molecule has 23 heavy (non-hydrogen) atoms. The van der Waals surface area contributed by atoms with E-state index in [0.29, 0.717) is 35.8 Å². The van der Waals surface area contributed by atoms with Gasteiger partial charge in [0.25, 0.3) is 11.8 Å². The van der Waals surface area contributed by atoms with E-state index in [1.165, 1.54) is 0 Å². The summed E-state index contributed by atoms with van der Waals surface area (Å²) in [4.78, 5) is 26.8. The molecule has 1 heterocycles. The largest absolute Gasteiger partial charge is 0.481 e. The molecule has 1 amide bonds. The average Bonchev–Trinajstić information content (AvgIpc) is 2.96. The standard InChI is InChI=1S/C16H19N3O4/c1-11-18-16(23-19-11)13-8-5-4-7-12(13)15(22)17-10-6-2-3-9-14(20)21/h4-5,7-8H,2-3,6,9-10H2,1H3,(H,17,22)(H,20,21). The van der Waals surface area contributed by atoms with E-state index in [9.17, 15) is 9.59 Å². The zero-order valence-corrected chi connectivity index (χ0v) is 12.9. The van der Waals surface area contributed by atoms with Gasteiger partial charge in [-0.1, -0.05) is 23.7 Å². The van der Waals surface area contributed by atoms with E-state index in [0.717, 1.165) is 12.8 Å². The van der Waals surface area contributed by atoms with E-state index < -0.39 is 5.97 Å². The van der Waals surface area contributed by atoms with Gasteiger partial charge in [0.05, 0.1) is 11.1 Å². The van der Waals surface area contributed by atoms with Crippen LogP contribution in [0, 0.1) is 6.92 Å². The van der Waals surface area contributed by atoms with Crippen molar-refractivity contribution in [2.24, 2.45) is 0 Å². The van der Waals surface area contributed by atoms with Crippen LogP contribution in [-0.4, -0.2) is 33.7 Å². The molecule has 0 unspecified atom stereocenters. The van der Waals surface area contributed by atoms with Gasteiger partial charge in [-0.3, -0.25) is 9.59 Å². The molecular weight excluding hydrogens is 298 g/mol. The molecule has 2 N–H and O–H groups in total. The number of carboxylic acids is 1. The van der Waals surface area contributed by atoms with Crippen LogP contribution in [-0.2, 0) is 4.79 Å². The first-order chi connectivity index (χ1) is 11.1. The van der Waals surface area contributed by atoms with Gasteiger partial charge in [-0.25, -0.2) is 0 Å². The number of nitrogens with one attached hydrogen (secondary N) is 1. The maximum Gasteiger partial charge on any atom is 0.303 e. The van der Waals surface area contributed by atoms with Gasteiger partial charge in [0, 0.05) is 13.0 Å². The molecule has 0 fully saturated rings. The molecule has 2 aromatic rings. The van der Waals surface area contributed by atoms with Crippen LogP contribution < -0.4 is 5.32 Å². The third-order valence-corrected chi connectivity index (χ3v) is 3.28.